The van der Waals surface area contributed by atoms with E-state index >= 15 is 0 Å². The predicted octanol–water partition coefficient (Wildman–Crippen LogP) is 2.96. The second-order valence-corrected chi connectivity index (χ2v) is 7.86. The average molecular weight is 415 g/mol. The van der Waals surface area contributed by atoms with Gasteiger partial charge in [0.25, 0.3) is 5.91 Å². The van der Waals surface area contributed by atoms with Gasteiger partial charge in [-0.25, -0.2) is 4.98 Å². The fraction of sp³-hybridized carbons (Fsp3) is 0.211. The Morgan fingerprint density at radius 3 is 2.82 bits per heavy atom. The van der Waals surface area contributed by atoms with E-state index in [1.54, 1.807) is 11.4 Å². The highest BCUT2D eigenvalue weighted by Gasteiger charge is 2.21. The molecule has 2 N–H and O–H groups in total. The van der Waals surface area contributed by atoms with Gasteiger partial charge in [0.15, 0.2) is 16.6 Å². The van der Waals surface area contributed by atoms with Crippen LogP contribution in [0.5, 0.6) is 11.5 Å². The molecule has 3 aromatic rings. The summed E-state index contributed by atoms with van der Waals surface area (Å²) in [5, 5.41) is 9.66. The summed E-state index contributed by atoms with van der Waals surface area (Å²) in [4.78, 5) is 29.1. The van der Waals surface area contributed by atoms with Gasteiger partial charge < -0.3 is 14.8 Å². The maximum Gasteiger partial charge on any atom is 0.267 e. The van der Waals surface area contributed by atoms with Gasteiger partial charge >= 0.3 is 0 Å². The van der Waals surface area contributed by atoms with Gasteiger partial charge in [-0.05, 0) is 23.6 Å². The van der Waals surface area contributed by atoms with Crippen LogP contribution in [-0.2, 0) is 11.2 Å². The van der Waals surface area contributed by atoms with E-state index < -0.39 is 0 Å². The van der Waals surface area contributed by atoms with Crippen LogP contribution in [0.25, 0.3) is 0 Å². The normalized spacial score (nSPS) is 15.1. The van der Waals surface area contributed by atoms with Crippen LogP contribution in [0.2, 0.25) is 0 Å². The van der Waals surface area contributed by atoms with Crippen molar-refractivity contribution in [3.8, 4) is 11.5 Å². The van der Waals surface area contributed by atoms with Crippen LogP contribution in [-0.4, -0.2) is 36.1 Å². The molecule has 7 nitrogen and oxygen atoms in total. The van der Waals surface area contributed by atoms with Crippen LogP contribution in [0.1, 0.15) is 15.4 Å². The van der Waals surface area contributed by atoms with Crippen LogP contribution in [0.15, 0.2) is 47.2 Å². The highest BCUT2D eigenvalue weighted by atomic mass is 32.1. The van der Waals surface area contributed by atoms with E-state index in [9.17, 15) is 9.59 Å². The molecule has 0 radical (unpaired) electrons. The lowest BCUT2D eigenvalue weighted by atomic mass is 10.2. The Balaban J connectivity index is 1.24. The molecule has 1 aliphatic rings. The van der Waals surface area contributed by atoms with Gasteiger partial charge in [0.1, 0.15) is 12.7 Å². The van der Waals surface area contributed by atoms with Crippen LogP contribution >= 0.6 is 22.7 Å². The minimum absolute atomic E-state index is 0.134. The third kappa shape index (κ3) is 4.49. The molecule has 0 fully saturated rings. The number of para-hydroxylation sites is 2. The molecule has 1 aliphatic heterocycles. The molecule has 0 saturated carbocycles. The van der Waals surface area contributed by atoms with Crippen molar-refractivity contribution in [2.45, 2.75) is 12.5 Å². The minimum Gasteiger partial charge on any atom is -0.486 e. The van der Waals surface area contributed by atoms with E-state index in [0.29, 0.717) is 40.4 Å². The van der Waals surface area contributed by atoms with E-state index in [1.165, 1.54) is 22.7 Å². The van der Waals surface area contributed by atoms with E-state index in [4.69, 9.17) is 9.47 Å². The number of benzene rings is 1. The highest BCUT2D eigenvalue weighted by Crippen LogP contribution is 2.30. The third-order valence-corrected chi connectivity index (χ3v) is 5.63. The maximum atomic E-state index is 12.2. The molecule has 4 rings (SSSR count). The lowest BCUT2D eigenvalue weighted by Gasteiger charge is -2.26. The van der Waals surface area contributed by atoms with Crippen molar-refractivity contribution < 1.29 is 19.1 Å². The summed E-state index contributed by atoms with van der Waals surface area (Å²) in [7, 11) is 0. The van der Waals surface area contributed by atoms with Gasteiger partial charge in [0, 0.05) is 5.38 Å². The lowest BCUT2D eigenvalue weighted by molar-refractivity contribution is -0.121. The Morgan fingerprint density at radius 1 is 1.14 bits per heavy atom. The number of rotatable bonds is 6. The summed E-state index contributed by atoms with van der Waals surface area (Å²) in [6.45, 7) is 0.728. The van der Waals surface area contributed by atoms with Crippen molar-refractivity contribution in [3.63, 3.8) is 0 Å². The van der Waals surface area contributed by atoms with E-state index in [2.05, 4.69) is 15.6 Å². The molecular formula is C19H17N3O4S2. The SMILES string of the molecule is O=C(Cc1csc(NC(=O)c2cccs2)n1)NC[C@H]1COc2ccccc2O1. The zero-order valence-electron chi connectivity index (χ0n) is 14.7. The van der Waals surface area contributed by atoms with E-state index in [-0.39, 0.29) is 24.3 Å². The first kappa shape index (κ1) is 18.5. The molecule has 3 heterocycles. The van der Waals surface area contributed by atoms with Gasteiger partial charge in [0.05, 0.1) is 23.5 Å². The number of nitrogens with zero attached hydrogens (tertiary/aromatic N) is 1. The highest BCUT2D eigenvalue weighted by molar-refractivity contribution is 7.14. The molecule has 0 unspecified atom stereocenters. The number of carbonyl (C=O) groups excluding carboxylic acids is 2. The third-order valence-electron chi connectivity index (χ3n) is 3.95. The number of ether oxygens (including phenoxy) is 2. The Bertz CT molecular complexity index is 971. The Morgan fingerprint density at radius 2 is 2.00 bits per heavy atom. The van der Waals surface area contributed by atoms with Gasteiger partial charge in [0.2, 0.25) is 5.91 Å². The molecule has 0 spiro atoms. The topological polar surface area (TPSA) is 89.6 Å². The molecular weight excluding hydrogens is 398 g/mol. The summed E-state index contributed by atoms with van der Waals surface area (Å²) in [5.74, 6) is 1.03. The van der Waals surface area contributed by atoms with Crippen molar-refractivity contribution in [2.75, 3.05) is 18.5 Å². The average Bonchev–Trinajstić information content (AvgIpc) is 3.38. The van der Waals surface area contributed by atoms with Crippen LogP contribution in [0.4, 0.5) is 5.13 Å². The van der Waals surface area contributed by atoms with Crippen molar-refractivity contribution in [2.24, 2.45) is 0 Å². The number of amides is 2. The molecule has 0 saturated heterocycles. The van der Waals surface area contributed by atoms with Crippen molar-refractivity contribution in [1.82, 2.24) is 10.3 Å². The predicted molar refractivity (Wildman–Crippen MR) is 107 cm³/mol. The first-order valence-corrected chi connectivity index (χ1v) is 10.4. The summed E-state index contributed by atoms with van der Waals surface area (Å²) >= 11 is 2.65. The van der Waals surface area contributed by atoms with Gasteiger partial charge in [-0.3, -0.25) is 14.9 Å². The molecule has 1 atom stereocenters. The molecule has 0 aliphatic carbocycles. The van der Waals surface area contributed by atoms with Crippen molar-refractivity contribution >= 4 is 39.6 Å². The number of nitrogens with one attached hydrogen (secondary N) is 2. The van der Waals surface area contributed by atoms with Gasteiger partial charge in [-0.1, -0.05) is 18.2 Å². The number of fused-ring (bicyclic) bond motifs is 1. The maximum absolute atomic E-state index is 12.2. The first-order chi connectivity index (χ1) is 13.7. The molecule has 144 valence electrons. The fourth-order valence-electron chi connectivity index (χ4n) is 2.63. The van der Waals surface area contributed by atoms with Crippen LogP contribution in [0, 0.1) is 0 Å². The zero-order chi connectivity index (χ0) is 19.3. The Labute approximate surface area is 169 Å². The lowest BCUT2D eigenvalue weighted by Crippen LogP contribution is -2.41. The largest absolute Gasteiger partial charge is 0.486 e. The van der Waals surface area contributed by atoms with E-state index in [0.717, 1.165) is 0 Å². The molecule has 28 heavy (non-hydrogen) atoms. The number of hydrogen-bond acceptors (Lipinski definition) is 7. The molecule has 0 bridgehead atoms. The smallest absolute Gasteiger partial charge is 0.267 e. The number of thiazole rings is 1. The monoisotopic (exact) mass is 415 g/mol. The second-order valence-electron chi connectivity index (χ2n) is 6.05. The summed E-state index contributed by atoms with van der Waals surface area (Å²) in [6.07, 6.45) is -0.106. The quantitative estimate of drug-likeness (QED) is 0.646. The van der Waals surface area contributed by atoms with Crippen LogP contribution in [0.3, 0.4) is 0 Å². The van der Waals surface area contributed by atoms with Crippen LogP contribution < -0.4 is 20.1 Å². The van der Waals surface area contributed by atoms with E-state index in [1.807, 2.05) is 35.7 Å². The van der Waals surface area contributed by atoms with Gasteiger partial charge in [-0.2, -0.15) is 0 Å². The number of thiophene rings is 1. The molecule has 9 heteroatoms. The zero-order valence-corrected chi connectivity index (χ0v) is 16.3. The summed E-state index contributed by atoms with van der Waals surface area (Å²) in [5.41, 5.74) is 0.607. The number of aromatic nitrogens is 1. The second kappa shape index (κ2) is 8.41. The number of hydrogen-bond donors (Lipinski definition) is 2. The fourth-order valence-corrected chi connectivity index (χ4v) is 3.95. The Kier molecular flexibility index (Phi) is 5.54. The molecule has 2 amide bonds. The standard InChI is InChI=1S/C19H17N3O4S2/c23-17(20-9-13-10-25-14-4-1-2-5-15(14)26-13)8-12-11-28-19(21-12)22-18(24)16-6-3-7-27-16/h1-7,11,13H,8-10H2,(H,20,23)(H,21,22,24)/t13-/m0/s1. The van der Waals surface area contributed by atoms with Crippen molar-refractivity contribution in [3.05, 3.63) is 57.7 Å². The van der Waals surface area contributed by atoms with Gasteiger partial charge in [-0.15, -0.1) is 22.7 Å². The number of anilines is 1. The Hall–Kier alpha value is -2.91. The van der Waals surface area contributed by atoms with Crippen molar-refractivity contribution in [1.29, 1.82) is 0 Å². The molecule has 2 aromatic heterocycles. The summed E-state index contributed by atoms with van der Waals surface area (Å²) < 4.78 is 11.4. The summed E-state index contributed by atoms with van der Waals surface area (Å²) in [6, 6.07) is 11.0. The number of carbonyl (C=O) groups is 2. The molecule has 1 aromatic carbocycles. The first-order valence-electron chi connectivity index (χ1n) is 8.62. The minimum atomic E-state index is -0.241.